The highest BCUT2D eigenvalue weighted by molar-refractivity contribution is 6.07. The molecule has 31 heavy (non-hydrogen) atoms. The largest absolute Gasteiger partial charge is 0.325 e. The van der Waals surface area contributed by atoms with E-state index in [-0.39, 0.29) is 30.8 Å². The second-order valence-corrected chi connectivity index (χ2v) is 8.70. The fraction of sp³-hybridized carbons (Fsp3) is 0.478. The van der Waals surface area contributed by atoms with Crippen molar-refractivity contribution in [2.45, 2.75) is 63.3 Å². The maximum absolute atomic E-state index is 12.9. The number of para-hydroxylation sites is 1. The molecule has 2 heterocycles. The van der Waals surface area contributed by atoms with E-state index < -0.39 is 5.54 Å². The summed E-state index contributed by atoms with van der Waals surface area (Å²) in [5.74, 6) is 0.293. The van der Waals surface area contributed by atoms with Crippen LogP contribution in [0.4, 0.5) is 10.6 Å². The number of urea groups is 1. The Balaban J connectivity index is 1.29. The van der Waals surface area contributed by atoms with Gasteiger partial charge in [0, 0.05) is 18.5 Å². The van der Waals surface area contributed by atoms with E-state index in [1.807, 2.05) is 30.3 Å². The average molecular weight is 422 g/mol. The molecular weight excluding hydrogens is 394 g/mol. The Labute approximate surface area is 181 Å². The molecule has 4 amide bonds. The molecule has 1 aromatic carbocycles. The van der Waals surface area contributed by atoms with E-state index >= 15 is 0 Å². The summed E-state index contributed by atoms with van der Waals surface area (Å²) < 4.78 is 1.78. The molecule has 0 atom stereocenters. The molecule has 0 unspecified atom stereocenters. The van der Waals surface area contributed by atoms with Gasteiger partial charge in [0.2, 0.25) is 5.91 Å². The second-order valence-electron chi connectivity index (χ2n) is 8.70. The normalized spacial score (nSPS) is 19.5. The molecule has 1 aromatic heterocycles. The minimum Gasteiger partial charge on any atom is -0.323 e. The number of carbonyl (C=O) groups excluding carboxylic acids is 3. The Morgan fingerprint density at radius 2 is 1.84 bits per heavy atom. The van der Waals surface area contributed by atoms with Gasteiger partial charge in [-0.25, -0.2) is 9.48 Å². The molecule has 8 heteroatoms. The van der Waals surface area contributed by atoms with Crippen molar-refractivity contribution in [3.05, 3.63) is 41.6 Å². The van der Waals surface area contributed by atoms with Crippen LogP contribution in [-0.2, 0) is 22.4 Å². The Morgan fingerprint density at radius 3 is 2.61 bits per heavy atom. The molecule has 1 spiro atoms. The number of aromatic nitrogens is 2. The zero-order chi connectivity index (χ0) is 21.4. The topological polar surface area (TPSA) is 96.3 Å². The molecule has 2 aliphatic carbocycles. The van der Waals surface area contributed by atoms with Gasteiger partial charge in [-0.3, -0.25) is 14.5 Å². The monoisotopic (exact) mass is 421 g/mol. The molecule has 8 nitrogen and oxygen atoms in total. The quantitative estimate of drug-likeness (QED) is 0.726. The highest BCUT2D eigenvalue weighted by atomic mass is 16.2. The lowest BCUT2D eigenvalue weighted by molar-refractivity contribution is -0.132. The van der Waals surface area contributed by atoms with Crippen LogP contribution in [0.25, 0.3) is 5.69 Å². The average Bonchev–Trinajstić information content (AvgIpc) is 3.43. The standard InChI is InChI=1S/C23H27N5O3/c29-19(12-15-27-21(30)23(25-22(27)31)13-5-2-6-14-23)24-20-17-10-7-11-18(17)26-28(20)16-8-3-1-4-9-16/h1,3-4,8-9H,2,5-7,10-15H2,(H,24,29)(H,25,31). The summed E-state index contributed by atoms with van der Waals surface area (Å²) in [6.45, 7) is 0.0832. The van der Waals surface area contributed by atoms with Crippen LogP contribution in [0.15, 0.2) is 30.3 Å². The van der Waals surface area contributed by atoms with Gasteiger partial charge in [0.1, 0.15) is 11.4 Å². The molecule has 5 rings (SSSR count). The Hall–Kier alpha value is -3.16. The van der Waals surface area contributed by atoms with Gasteiger partial charge in [0.05, 0.1) is 11.4 Å². The number of fused-ring (bicyclic) bond motifs is 1. The van der Waals surface area contributed by atoms with Crippen LogP contribution in [0.2, 0.25) is 0 Å². The number of amides is 4. The van der Waals surface area contributed by atoms with Gasteiger partial charge in [0.25, 0.3) is 5.91 Å². The van der Waals surface area contributed by atoms with Crippen LogP contribution in [-0.4, -0.2) is 44.6 Å². The predicted molar refractivity (Wildman–Crippen MR) is 115 cm³/mol. The molecule has 1 saturated heterocycles. The third-order valence-electron chi connectivity index (χ3n) is 6.68. The predicted octanol–water partition coefficient (Wildman–Crippen LogP) is 2.94. The van der Waals surface area contributed by atoms with Crippen LogP contribution in [0.1, 0.15) is 56.2 Å². The molecule has 1 aliphatic heterocycles. The number of benzene rings is 1. The molecule has 3 aliphatic rings. The zero-order valence-electron chi connectivity index (χ0n) is 17.5. The van der Waals surface area contributed by atoms with Gasteiger partial charge < -0.3 is 10.6 Å². The smallest absolute Gasteiger partial charge is 0.323 e. The summed E-state index contributed by atoms with van der Waals surface area (Å²) in [4.78, 5) is 39.4. The number of anilines is 1. The Morgan fingerprint density at radius 1 is 1.06 bits per heavy atom. The van der Waals surface area contributed by atoms with Crippen molar-refractivity contribution < 1.29 is 14.4 Å². The number of nitrogens with zero attached hydrogens (tertiary/aromatic N) is 3. The van der Waals surface area contributed by atoms with Gasteiger partial charge in [0.15, 0.2) is 0 Å². The highest BCUT2D eigenvalue weighted by Crippen LogP contribution is 2.34. The Bertz CT molecular complexity index is 1020. The lowest BCUT2D eigenvalue weighted by atomic mass is 9.82. The molecule has 2 N–H and O–H groups in total. The molecule has 1 saturated carbocycles. The number of nitrogens with one attached hydrogen (secondary N) is 2. The van der Waals surface area contributed by atoms with Crippen LogP contribution in [0.5, 0.6) is 0 Å². The molecule has 2 fully saturated rings. The van der Waals surface area contributed by atoms with Crippen molar-refractivity contribution in [1.29, 1.82) is 0 Å². The van der Waals surface area contributed by atoms with E-state index in [1.54, 1.807) is 4.68 Å². The van der Waals surface area contributed by atoms with Crippen molar-refractivity contribution in [3.8, 4) is 5.69 Å². The number of rotatable bonds is 5. The first-order valence-electron chi connectivity index (χ1n) is 11.2. The molecule has 0 bridgehead atoms. The van der Waals surface area contributed by atoms with Gasteiger partial charge in [-0.15, -0.1) is 0 Å². The SMILES string of the molecule is O=C(CCN1C(=O)NC2(CCCCC2)C1=O)Nc1c2c(nn1-c1ccccc1)CCC2. The summed E-state index contributed by atoms with van der Waals surface area (Å²) in [6.07, 6.45) is 7.21. The summed E-state index contributed by atoms with van der Waals surface area (Å²) in [7, 11) is 0. The second kappa shape index (κ2) is 7.83. The summed E-state index contributed by atoms with van der Waals surface area (Å²) in [5.41, 5.74) is 2.24. The molecule has 2 aromatic rings. The van der Waals surface area contributed by atoms with Gasteiger partial charge >= 0.3 is 6.03 Å². The van der Waals surface area contributed by atoms with Crippen molar-refractivity contribution in [2.75, 3.05) is 11.9 Å². The molecule has 0 radical (unpaired) electrons. The number of carbonyl (C=O) groups is 3. The fourth-order valence-electron chi connectivity index (χ4n) is 5.06. The highest BCUT2D eigenvalue weighted by Gasteiger charge is 2.51. The van der Waals surface area contributed by atoms with Crippen molar-refractivity contribution >= 4 is 23.7 Å². The van der Waals surface area contributed by atoms with Crippen LogP contribution < -0.4 is 10.6 Å². The maximum atomic E-state index is 12.9. The number of aryl methyl sites for hydroxylation is 1. The van der Waals surface area contributed by atoms with E-state index in [4.69, 9.17) is 5.10 Å². The minimum atomic E-state index is -0.751. The lowest BCUT2D eigenvalue weighted by Crippen LogP contribution is -2.48. The third kappa shape index (κ3) is 3.49. The lowest BCUT2D eigenvalue weighted by Gasteiger charge is -2.30. The van der Waals surface area contributed by atoms with Gasteiger partial charge in [-0.05, 0) is 44.2 Å². The molecule has 162 valence electrons. The fourth-order valence-corrected chi connectivity index (χ4v) is 5.06. The van der Waals surface area contributed by atoms with Crippen LogP contribution >= 0.6 is 0 Å². The number of imide groups is 1. The third-order valence-corrected chi connectivity index (χ3v) is 6.68. The van der Waals surface area contributed by atoms with Gasteiger partial charge in [-0.1, -0.05) is 37.5 Å². The summed E-state index contributed by atoms with van der Waals surface area (Å²) in [5, 5.41) is 10.6. The van der Waals surface area contributed by atoms with Crippen molar-refractivity contribution in [1.82, 2.24) is 20.0 Å². The minimum absolute atomic E-state index is 0.0595. The summed E-state index contributed by atoms with van der Waals surface area (Å²) in [6, 6.07) is 9.34. The van der Waals surface area contributed by atoms with Crippen LogP contribution in [0.3, 0.4) is 0 Å². The Kier molecular flexibility index (Phi) is 5.00. The van der Waals surface area contributed by atoms with Gasteiger partial charge in [-0.2, -0.15) is 5.10 Å². The van der Waals surface area contributed by atoms with Crippen LogP contribution in [0, 0.1) is 0 Å². The summed E-state index contributed by atoms with van der Waals surface area (Å²) >= 11 is 0. The van der Waals surface area contributed by atoms with Crippen molar-refractivity contribution in [3.63, 3.8) is 0 Å². The molecular formula is C23H27N5O3. The number of hydrogen-bond acceptors (Lipinski definition) is 4. The first kappa shape index (κ1) is 19.8. The maximum Gasteiger partial charge on any atom is 0.325 e. The van der Waals surface area contributed by atoms with E-state index in [0.29, 0.717) is 18.7 Å². The van der Waals surface area contributed by atoms with E-state index in [9.17, 15) is 14.4 Å². The van der Waals surface area contributed by atoms with E-state index in [2.05, 4.69) is 10.6 Å². The number of hydrogen-bond donors (Lipinski definition) is 2. The van der Waals surface area contributed by atoms with Crippen molar-refractivity contribution in [2.24, 2.45) is 0 Å². The first-order valence-corrected chi connectivity index (χ1v) is 11.2. The van der Waals surface area contributed by atoms with E-state index in [1.165, 1.54) is 4.90 Å². The first-order chi connectivity index (χ1) is 15.1. The zero-order valence-corrected chi connectivity index (χ0v) is 17.5. The van der Waals surface area contributed by atoms with E-state index in [0.717, 1.165) is 55.5 Å².